The molecule has 1 atom stereocenters. The first-order chi connectivity index (χ1) is 9.74. The molecular formula is C15H23BrClNO3. The normalized spacial score (nSPS) is 17.4. The lowest BCUT2D eigenvalue weighted by Crippen LogP contribution is -2.26. The van der Waals surface area contributed by atoms with Crippen LogP contribution in [0.1, 0.15) is 25.3 Å². The molecule has 0 aromatic heterocycles. The van der Waals surface area contributed by atoms with Crippen molar-refractivity contribution in [2.45, 2.75) is 32.4 Å². The summed E-state index contributed by atoms with van der Waals surface area (Å²) in [5, 5.41) is 3.44. The molecule has 21 heavy (non-hydrogen) atoms. The molecule has 6 heteroatoms. The van der Waals surface area contributed by atoms with Crippen molar-refractivity contribution >= 4 is 28.3 Å². The molecule has 4 nitrogen and oxygen atoms in total. The van der Waals surface area contributed by atoms with Gasteiger partial charge in [-0.1, -0.05) is 15.9 Å². The van der Waals surface area contributed by atoms with Gasteiger partial charge in [-0.05, 0) is 31.9 Å². The molecular weight excluding hydrogens is 358 g/mol. The van der Waals surface area contributed by atoms with Gasteiger partial charge in [0.25, 0.3) is 0 Å². The Morgan fingerprint density at radius 3 is 2.86 bits per heavy atom. The van der Waals surface area contributed by atoms with Crippen molar-refractivity contribution in [1.82, 2.24) is 5.32 Å². The van der Waals surface area contributed by atoms with Crippen LogP contribution in [-0.4, -0.2) is 33.0 Å². The van der Waals surface area contributed by atoms with Crippen LogP contribution in [0.15, 0.2) is 16.6 Å². The predicted octanol–water partition coefficient (Wildman–Crippen LogP) is 3.55. The first kappa shape index (κ1) is 18.6. The van der Waals surface area contributed by atoms with Crippen molar-refractivity contribution in [3.63, 3.8) is 0 Å². The van der Waals surface area contributed by atoms with Gasteiger partial charge in [-0.2, -0.15) is 0 Å². The Morgan fingerprint density at radius 1 is 1.43 bits per heavy atom. The number of ether oxygens (including phenoxy) is 3. The molecule has 1 fully saturated rings. The highest BCUT2D eigenvalue weighted by atomic mass is 79.9. The molecule has 0 spiro atoms. The van der Waals surface area contributed by atoms with Gasteiger partial charge in [0.1, 0.15) is 0 Å². The largest absolute Gasteiger partial charge is 0.493 e. The van der Waals surface area contributed by atoms with E-state index in [1.807, 2.05) is 13.0 Å². The van der Waals surface area contributed by atoms with E-state index in [0.717, 1.165) is 47.7 Å². The Morgan fingerprint density at radius 2 is 2.24 bits per heavy atom. The molecule has 1 aliphatic heterocycles. The summed E-state index contributed by atoms with van der Waals surface area (Å²) in [5.74, 6) is 1.58. The third kappa shape index (κ3) is 5.33. The zero-order valence-corrected chi connectivity index (χ0v) is 14.9. The standard InChI is InChI=1S/C15H22BrNO3.ClH/c1-3-19-15-11(7-12(16)8-14(15)18-2)9-17-10-13-5-4-6-20-13;/h7-8,13,17H,3-6,9-10H2,1-2H3;1H. The fourth-order valence-electron chi connectivity index (χ4n) is 2.39. The summed E-state index contributed by atoms with van der Waals surface area (Å²) >= 11 is 3.51. The lowest BCUT2D eigenvalue weighted by atomic mass is 10.1. The second kappa shape index (κ2) is 9.51. The molecule has 1 aromatic rings. The van der Waals surface area contributed by atoms with Gasteiger partial charge in [-0.15, -0.1) is 12.4 Å². The Balaban J connectivity index is 0.00000220. The molecule has 0 bridgehead atoms. The Bertz CT molecular complexity index is 439. The smallest absolute Gasteiger partial charge is 0.165 e. The molecule has 1 aliphatic rings. The third-order valence-electron chi connectivity index (χ3n) is 3.32. The minimum absolute atomic E-state index is 0. The van der Waals surface area contributed by atoms with E-state index in [9.17, 15) is 0 Å². The maximum atomic E-state index is 5.72. The van der Waals surface area contributed by atoms with E-state index in [1.54, 1.807) is 7.11 Å². The zero-order chi connectivity index (χ0) is 14.4. The van der Waals surface area contributed by atoms with Crippen molar-refractivity contribution in [3.8, 4) is 11.5 Å². The van der Waals surface area contributed by atoms with Gasteiger partial charge in [0.2, 0.25) is 0 Å². The number of hydrogen-bond donors (Lipinski definition) is 1. The molecule has 1 heterocycles. The Kier molecular flexibility index (Phi) is 8.41. The molecule has 0 amide bonds. The van der Waals surface area contributed by atoms with Crippen molar-refractivity contribution in [1.29, 1.82) is 0 Å². The number of nitrogens with one attached hydrogen (secondary N) is 1. The summed E-state index contributed by atoms with van der Waals surface area (Å²) in [4.78, 5) is 0. The quantitative estimate of drug-likeness (QED) is 0.785. The average Bonchev–Trinajstić information content (AvgIpc) is 2.94. The van der Waals surface area contributed by atoms with Crippen LogP contribution in [0.2, 0.25) is 0 Å². The van der Waals surface area contributed by atoms with E-state index in [-0.39, 0.29) is 12.4 Å². The Hall–Kier alpha value is -0.490. The maximum absolute atomic E-state index is 5.72. The van der Waals surface area contributed by atoms with Crippen LogP contribution in [0, 0.1) is 0 Å². The van der Waals surface area contributed by atoms with E-state index >= 15 is 0 Å². The average molecular weight is 381 g/mol. The molecule has 0 radical (unpaired) electrons. The third-order valence-corrected chi connectivity index (χ3v) is 3.77. The van der Waals surface area contributed by atoms with Gasteiger partial charge in [0.05, 0.1) is 19.8 Å². The van der Waals surface area contributed by atoms with Gasteiger partial charge >= 0.3 is 0 Å². The van der Waals surface area contributed by atoms with Gasteiger partial charge in [-0.25, -0.2) is 0 Å². The molecule has 120 valence electrons. The first-order valence-corrected chi connectivity index (χ1v) is 7.85. The molecule has 1 unspecified atom stereocenters. The van der Waals surface area contributed by atoms with Crippen molar-refractivity contribution < 1.29 is 14.2 Å². The van der Waals surface area contributed by atoms with Crippen LogP contribution in [0.3, 0.4) is 0 Å². The fraction of sp³-hybridized carbons (Fsp3) is 0.600. The molecule has 1 saturated heterocycles. The summed E-state index contributed by atoms with van der Waals surface area (Å²) in [6, 6.07) is 3.99. The topological polar surface area (TPSA) is 39.7 Å². The van der Waals surface area contributed by atoms with Crippen molar-refractivity contribution in [3.05, 3.63) is 22.2 Å². The monoisotopic (exact) mass is 379 g/mol. The van der Waals surface area contributed by atoms with E-state index in [1.165, 1.54) is 6.42 Å². The van der Waals surface area contributed by atoms with E-state index in [0.29, 0.717) is 12.7 Å². The molecule has 2 rings (SSSR count). The number of halogens is 2. The number of hydrogen-bond acceptors (Lipinski definition) is 4. The van der Waals surface area contributed by atoms with Crippen LogP contribution < -0.4 is 14.8 Å². The molecule has 1 N–H and O–H groups in total. The molecule has 1 aromatic carbocycles. The van der Waals surface area contributed by atoms with Gasteiger partial charge in [0.15, 0.2) is 11.5 Å². The summed E-state index contributed by atoms with van der Waals surface area (Å²) in [5.41, 5.74) is 1.09. The maximum Gasteiger partial charge on any atom is 0.165 e. The van der Waals surface area contributed by atoms with Crippen molar-refractivity contribution in [2.24, 2.45) is 0 Å². The second-order valence-electron chi connectivity index (χ2n) is 4.80. The van der Waals surface area contributed by atoms with Gasteiger partial charge in [0, 0.05) is 29.7 Å². The van der Waals surface area contributed by atoms with Gasteiger partial charge in [-0.3, -0.25) is 0 Å². The summed E-state index contributed by atoms with van der Waals surface area (Å²) < 4.78 is 17.7. The SMILES string of the molecule is CCOc1c(CNCC2CCCO2)cc(Br)cc1OC.Cl. The lowest BCUT2D eigenvalue weighted by molar-refractivity contribution is 0.110. The van der Waals surface area contributed by atoms with E-state index in [4.69, 9.17) is 14.2 Å². The van der Waals surface area contributed by atoms with Crippen LogP contribution >= 0.6 is 28.3 Å². The minimum Gasteiger partial charge on any atom is -0.493 e. The fourth-order valence-corrected chi connectivity index (χ4v) is 2.87. The number of methoxy groups -OCH3 is 1. The highest BCUT2D eigenvalue weighted by Gasteiger charge is 2.16. The zero-order valence-electron chi connectivity index (χ0n) is 12.5. The van der Waals surface area contributed by atoms with Crippen molar-refractivity contribution in [2.75, 3.05) is 26.9 Å². The summed E-state index contributed by atoms with van der Waals surface area (Å²) in [6.07, 6.45) is 2.66. The predicted molar refractivity (Wildman–Crippen MR) is 89.8 cm³/mol. The van der Waals surface area contributed by atoms with Gasteiger partial charge < -0.3 is 19.5 Å². The highest BCUT2D eigenvalue weighted by Crippen LogP contribution is 2.34. The summed E-state index contributed by atoms with van der Waals surface area (Å²) in [7, 11) is 1.66. The highest BCUT2D eigenvalue weighted by molar-refractivity contribution is 9.10. The van der Waals surface area contributed by atoms with Crippen LogP contribution in [0.5, 0.6) is 11.5 Å². The Labute approximate surface area is 141 Å². The van der Waals surface area contributed by atoms with E-state index < -0.39 is 0 Å². The van der Waals surface area contributed by atoms with Crippen LogP contribution in [0.25, 0.3) is 0 Å². The molecule has 0 aliphatic carbocycles. The summed E-state index contributed by atoms with van der Waals surface area (Å²) in [6.45, 7) is 5.11. The first-order valence-electron chi connectivity index (χ1n) is 7.06. The van der Waals surface area contributed by atoms with Crippen LogP contribution in [-0.2, 0) is 11.3 Å². The molecule has 0 saturated carbocycles. The van der Waals surface area contributed by atoms with Crippen LogP contribution in [0.4, 0.5) is 0 Å². The minimum atomic E-state index is 0. The number of benzene rings is 1. The number of rotatable bonds is 7. The van der Waals surface area contributed by atoms with E-state index in [2.05, 4.69) is 27.3 Å². The second-order valence-corrected chi connectivity index (χ2v) is 5.71. The lowest BCUT2D eigenvalue weighted by Gasteiger charge is -2.16.